The third kappa shape index (κ3) is 4.31. The lowest BCUT2D eigenvalue weighted by molar-refractivity contribution is 0.0766. The zero-order valence-electron chi connectivity index (χ0n) is 12.8. The van der Waals surface area contributed by atoms with Crippen LogP contribution < -0.4 is 10.1 Å². The largest absolute Gasteiger partial charge is 0.475 e. The molecule has 1 aliphatic rings. The molecule has 1 unspecified atom stereocenters. The van der Waals surface area contributed by atoms with Gasteiger partial charge in [-0.15, -0.1) is 0 Å². The highest BCUT2D eigenvalue weighted by molar-refractivity contribution is 5.33. The summed E-state index contributed by atoms with van der Waals surface area (Å²) < 4.78 is 5.80. The molecule has 1 saturated heterocycles. The normalized spacial score (nSPS) is 21.1. The van der Waals surface area contributed by atoms with Crippen molar-refractivity contribution < 1.29 is 4.74 Å². The molecule has 1 fully saturated rings. The van der Waals surface area contributed by atoms with Crippen molar-refractivity contribution in [2.75, 3.05) is 45.7 Å². The van der Waals surface area contributed by atoms with Crippen molar-refractivity contribution in [2.45, 2.75) is 25.9 Å². The summed E-state index contributed by atoms with van der Waals surface area (Å²) >= 11 is 0. The predicted octanol–water partition coefficient (Wildman–Crippen LogP) is 0.922. The molecule has 1 atom stereocenters. The average molecular weight is 279 g/mol. The van der Waals surface area contributed by atoms with Crippen LogP contribution >= 0.6 is 0 Å². The van der Waals surface area contributed by atoms with E-state index in [-0.39, 0.29) is 0 Å². The van der Waals surface area contributed by atoms with Gasteiger partial charge in [-0.2, -0.15) is 4.98 Å². The van der Waals surface area contributed by atoms with Crippen molar-refractivity contribution >= 4 is 5.82 Å². The Hall–Kier alpha value is -1.40. The lowest BCUT2D eigenvalue weighted by Crippen LogP contribution is -2.52. The van der Waals surface area contributed by atoms with E-state index >= 15 is 0 Å². The fraction of sp³-hybridized carbons (Fsp3) is 0.714. The number of nitrogens with one attached hydrogen (secondary N) is 1. The van der Waals surface area contributed by atoms with Crippen LogP contribution in [0.3, 0.4) is 0 Å². The maximum absolute atomic E-state index is 5.80. The van der Waals surface area contributed by atoms with Crippen LogP contribution in [-0.2, 0) is 0 Å². The minimum absolute atomic E-state index is 0.331. The first-order chi connectivity index (χ1) is 9.54. The van der Waals surface area contributed by atoms with Gasteiger partial charge in [0.05, 0.1) is 18.4 Å². The molecule has 1 aromatic heterocycles. The highest BCUT2D eigenvalue weighted by atomic mass is 16.5. The van der Waals surface area contributed by atoms with E-state index in [1.54, 1.807) is 12.4 Å². The molecule has 0 spiro atoms. The van der Waals surface area contributed by atoms with E-state index in [1.165, 1.54) is 0 Å². The van der Waals surface area contributed by atoms with Gasteiger partial charge in [0.15, 0.2) is 0 Å². The number of hydrogen-bond acceptors (Lipinski definition) is 6. The number of piperazine rings is 1. The van der Waals surface area contributed by atoms with Crippen molar-refractivity contribution in [3.8, 4) is 5.88 Å². The van der Waals surface area contributed by atoms with Gasteiger partial charge in [-0.1, -0.05) is 0 Å². The predicted molar refractivity (Wildman–Crippen MR) is 80.2 cm³/mol. The zero-order valence-corrected chi connectivity index (χ0v) is 12.8. The summed E-state index contributed by atoms with van der Waals surface area (Å²) in [6.45, 7) is 7.99. The van der Waals surface area contributed by atoms with Crippen LogP contribution in [0.4, 0.5) is 5.82 Å². The van der Waals surface area contributed by atoms with Crippen LogP contribution in [0.5, 0.6) is 5.88 Å². The van der Waals surface area contributed by atoms with E-state index in [9.17, 15) is 0 Å². The Morgan fingerprint density at radius 2 is 2.15 bits per heavy atom. The molecule has 0 radical (unpaired) electrons. The molecule has 0 amide bonds. The van der Waals surface area contributed by atoms with Crippen molar-refractivity contribution in [1.82, 2.24) is 19.8 Å². The lowest BCUT2D eigenvalue weighted by Gasteiger charge is -2.37. The number of likely N-dealkylation sites (N-methyl/N-ethyl adjacent to an activating group) is 2. The minimum Gasteiger partial charge on any atom is -0.475 e. The number of anilines is 1. The lowest BCUT2D eigenvalue weighted by atomic mass is 10.2. The Morgan fingerprint density at radius 1 is 1.35 bits per heavy atom. The highest BCUT2D eigenvalue weighted by Gasteiger charge is 2.22. The minimum atomic E-state index is 0.331. The summed E-state index contributed by atoms with van der Waals surface area (Å²) in [5, 5.41) is 3.23. The Bertz CT molecular complexity index is 426. The second-order valence-corrected chi connectivity index (χ2v) is 5.75. The fourth-order valence-corrected chi connectivity index (χ4v) is 2.25. The number of nitrogens with zero attached hydrogens (tertiary/aromatic N) is 4. The molecular weight excluding hydrogens is 254 g/mol. The molecule has 0 bridgehead atoms. The zero-order chi connectivity index (χ0) is 14.5. The molecule has 0 aromatic carbocycles. The average Bonchev–Trinajstić information content (AvgIpc) is 2.39. The Labute approximate surface area is 121 Å². The van der Waals surface area contributed by atoms with Gasteiger partial charge in [-0.05, 0) is 27.9 Å². The van der Waals surface area contributed by atoms with Crippen LogP contribution in [0.25, 0.3) is 0 Å². The number of hydrogen-bond donors (Lipinski definition) is 1. The SMILES string of the molecule is CC(C)Nc1cncc(OCC2CN(C)CCN2C)n1. The van der Waals surface area contributed by atoms with Crippen LogP contribution in [0, 0.1) is 0 Å². The maximum atomic E-state index is 5.80. The van der Waals surface area contributed by atoms with Crippen LogP contribution in [-0.4, -0.2) is 72.2 Å². The van der Waals surface area contributed by atoms with Crippen molar-refractivity contribution in [2.24, 2.45) is 0 Å². The maximum Gasteiger partial charge on any atom is 0.234 e. The van der Waals surface area contributed by atoms with Gasteiger partial charge < -0.3 is 15.0 Å². The molecule has 0 saturated carbocycles. The number of ether oxygens (including phenoxy) is 1. The van der Waals surface area contributed by atoms with Crippen molar-refractivity contribution in [3.63, 3.8) is 0 Å². The van der Waals surface area contributed by atoms with Gasteiger partial charge in [-0.3, -0.25) is 9.88 Å². The first-order valence-corrected chi connectivity index (χ1v) is 7.14. The molecule has 1 N–H and O–H groups in total. The summed E-state index contributed by atoms with van der Waals surface area (Å²) in [5.41, 5.74) is 0. The Balaban J connectivity index is 1.89. The summed E-state index contributed by atoms with van der Waals surface area (Å²) in [6, 6.07) is 0.731. The summed E-state index contributed by atoms with van der Waals surface area (Å²) in [5.74, 6) is 1.34. The molecule has 6 nitrogen and oxygen atoms in total. The molecule has 2 heterocycles. The molecule has 2 rings (SSSR count). The van der Waals surface area contributed by atoms with Gasteiger partial charge in [0.2, 0.25) is 5.88 Å². The van der Waals surface area contributed by atoms with Crippen molar-refractivity contribution in [1.29, 1.82) is 0 Å². The van der Waals surface area contributed by atoms with Crippen LogP contribution in [0.2, 0.25) is 0 Å². The second kappa shape index (κ2) is 6.85. The monoisotopic (exact) mass is 279 g/mol. The number of rotatable bonds is 5. The molecule has 1 aromatic rings. The van der Waals surface area contributed by atoms with Gasteiger partial charge in [0, 0.05) is 25.7 Å². The fourth-order valence-electron chi connectivity index (χ4n) is 2.25. The molecule has 20 heavy (non-hydrogen) atoms. The van der Waals surface area contributed by atoms with Gasteiger partial charge in [0.25, 0.3) is 0 Å². The van der Waals surface area contributed by atoms with E-state index in [1.807, 2.05) is 0 Å². The van der Waals surface area contributed by atoms with Crippen LogP contribution in [0.1, 0.15) is 13.8 Å². The standard InChI is InChI=1S/C14H25N5O/c1-11(2)16-13-7-15-8-14(17-13)20-10-12-9-18(3)5-6-19(12)4/h7-8,11-12H,5-6,9-10H2,1-4H3,(H,16,17). The van der Waals surface area contributed by atoms with E-state index in [2.05, 4.69) is 53.0 Å². The molecular formula is C14H25N5O. The molecule has 6 heteroatoms. The topological polar surface area (TPSA) is 53.5 Å². The quantitative estimate of drug-likeness (QED) is 0.865. The Kier molecular flexibility index (Phi) is 5.14. The molecule has 0 aliphatic carbocycles. The van der Waals surface area contributed by atoms with E-state index in [0.29, 0.717) is 24.6 Å². The van der Waals surface area contributed by atoms with Crippen LogP contribution in [0.15, 0.2) is 12.4 Å². The summed E-state index contributed by atoms with van der Waals surface area (Å²) in [4.78, 5) is 13.2. The van der Waals surface area contributed by atoms with E-state index in [4.69, 9.17) is 4.74 Å². The van der Waals surface area contributed by atoms with E-state index < -0.39 is 0 Å². The third-order valence-electron chi connectivity index (χ3n) is 3.45. The van der Waals surface area contributed by atoms with Gasteiger partial charge >= 0.3 is 0 Å². The molecule has 1 aliphatic heterocycles. The Morgan fingerprint density at radius 3 is 2.90 bits per heavy atom. The van der Waals surface area contributed by atoms with Gasteiger partial charge in [-0.25, -0.2) is 0 Å². The smallest absolute Gasteiger partial charge is 0.234 e. The summed E-state index contributed by atoms with van der Waals surface area (Å²) in [6.07, 6.45) is 3.38. The number of aromatic nitrogens is 2. The molecule has 112 valence electrons. The first-order valence-electron chi connectivity index (χ1n) is 7.14. The first kappa shape index (κ1) is 15.0. The highest BCUT2D eigenvalue weighted by Crippen LogP contribution is 2.12. The van der Waals surface area contributed by atoms with Crippen molar-refractivity contribution in [3.05, 3.63) is 12.4 Å². The third-order valence-corrected chi connectivity index (χ3v) is 3.45. The van der Waals surface area contributed by atoms with Gasteiger partial charge in [0.1, 0.15) is 12.4 Å². The summed E-state index contributed by atoms with van der Waals surface area (Å²) in [7, 11) is 4.29. The second-order valence-electron chi connectivity index (χ2n) is 5.75. The van der Waals surface area contributed by atoms with E-state index in [0.717, 1.165) is 25.5 Å².